The molecule has 6 nitrogen and oxygen atoms in total. The molecule has 32 heavy (non-hydrogen) atoms. The number of ether oxygens (including phenoxy) is 3. The fourth-order valence-corrected chi connectivity index (χ4v) is 4.09. The monoisotopic (exact) mass is 456 g/mol. The molecule has 2 atom stereocenters. The maximum Gasteiger partial charge on any atom is 0.431 e. The molecular formula is C25H29ClN2O4. The summed E-state index contributed by atoms with van der Waals surface area (Å²) in [6, 6.07) is 14.9. The molecular weight excluding hydrogens is 428 g/mol. The molecule has 1 fully saturated rings. The molecule has 170 valence electrons. The number of hydrogen-bond donors (Lipinski definition) is 0. The van der Waals surface area contributed by atoms with Crippen LogP contribution in [0.15, 0.2) is 53.6 Å². The first-order valence-electron chi connectivity index (χ1n) is 11.0. The summed E-state index contributed by atoms with van der Waals surface area (Å²) in [5, 5.41) is 6.64. The summed E-state index contributed by atoms with van der Waals surface area (Å²) in [6.45, 7) is 6.25. The molecule has 1 unspecified atom stereocenters. The Bertz CT molecular complexity index is 978. The first-order valence-corrected chi connectivity index (χ1v) is 11.4. The number of hydrogen-bond acceptors (Lipinski definition) is 5. The first kappa shape index (κ1) is 22.6. The highest BCUT2D eigenvalue weighted by atomic mass is 35.5. The van der Waals surface area contributed by atoms with E-state index in [0.29, 0.717) is 11.4 Å². The van der Waals surface area contributed by atoms with Crippen molar-refractivity contribution in [3.63, 3.8) is 0 Å². The Morgan fingerprint density at radius 3 is 2.53 bits per heavy atom. The van der Waals surface area contributed by atoms with Crippen molar-refractivity contribution < 1.29 is 19.0 Å². The summed E-state index contributed by atoms with van der Waals surface area (Å²) < 4.78 is 17.2. The third-order valence-electron chi connectivity index (χ3n) is 5.35. The Morgan fingerprint density at radius 2 is 1.88 bits per heavy atom. The van der Waals surface area contributed by atoms with Crippen molar-refractivity contribution in [3.8, 4) is 5.75 Å². The van der Waals surface area contributed by atoms with Crippen molar-refractivity contribution >= 4 is 23.4 Å². The van der Waals surface area contributed by atoms with Crippen LogP contribution in [0.5, 0.6) is 5.75 Å². The maximum atomic E-state index is 12.9. The fraction of sp³-hybridized carbons (Fsp3) is 0.440. The van der Waals surface area contributed by atoms with Gasteiger partial charge in [0.1, 0.15) is 11.4 Å². The molecule has 2 aromatic rings. The molecule has 2 aliphatic heterocycles. The van der Waals surface area contributed by atoms with E-state index in [9.17, 15) is 4.79 Å². The average molecular weight is 457 g/mol. The molecule has 1 saturated heterocycles. The second kappa shape index (κ2) is 9.51. The van der Waals surface area contributed by atoms with Crippen LogP contribution in [0, 0.1) is 0 Å². The summed E-state index contributed by atoms with van der Waals surface area (Å²) in [7, 11) is 0. The largest absolute Gasteiger partial charge is 0.465 e. The Hall–Kier alpha value is -2.57. The number of nitrogens with zero attached hydrogens (tertiary/aromatic N) is 2. The molecule has 2 aliphatic rings. The Morgan fingerprint density at radius 1 is 1.12 bits per heavy atom. The van der Waals surface area contributed by atoms with E-state index in [0.717, 1.165) is 48.5 Å². The van der Waals surface area contributed by atoms with Crippen LogP contribution < -0.4 is 4.74 Å². The number of amides is 1. The number of hydrazone groups is 1. The Balaban J connectivity index is 1.55. The minimum absolute atomic E-state index is 0.189. The zero-order valence-electron chi connectivity index (χ0n) is 18.7. The summed E-state index contributed by atoms with van der Waals surface area (Å²) in [6.07, 6.45) is 2.95. The predicted octanol–water partition coefficient (Wildman–Crippen LogP) is 6.33. The van der Waals surface area contributed by atoms with Crippen LogP contribution in [0.4, 0.5) is 4.79 Å². The van der Waals surface area contributed by atoms with Gasteiger partial charge in [-0.1, -0.05) is 29.8 Å². The highest BCUT2D eigenvalue weighted by molar-refractivity contribution is 6.31. The molecule has 2 aromatic carbocycles. The molecule has 0 aliphatic carbocycles. The van der Waals surface area contributed by atoms with E-state index in [1.807, 2.05) is 69.3 Å². The Labute approximate surface area is 194 Å². The summed E-state index contributed by atoms with van der Waals surface area (Å²) >= 11 is 6.46. The van der Waals surface area contributed by atoms with Gasteiger partial charge in [0.2, 0.25) is 0 Å². The van der Waals surface area contributed by atoms with Crippen LogP contribution in [-0.4, -0.2) is 35.3 Å². The van der Waals surface area contributed by atoms with Crippen LogP contribution in [0.1, 0.15) is 63.6 Å². The van der Waals surface area contributed by atoms with E-state index < -0.39 is 11.7 Å². The molecule has 0 N–H and O–H groups in total. The van der Waals surface area contributed by atoms with E-state index in [1.165, 1.54) is 5.01 Å². The number of carbonyl (C=O) groups excluding carboxylic acids is 1. The third kappa shape index (κ3) is 5.43. The zero-order chi connectivity index (χ0) is 22.7. The van der Waals surface area contributed by atoms with Crippen LogP contribution in [0.2, 0.25) is 5.02 Å². The summed E-state index contributed by atoms with van der Waals surface area (Å²) in [4.78, 5) is 12.9. The van der Waals surface area contributed by atoms with Gasteiger partial charge in [-0.3, -0.25) is 0 Å². The molecule has 4 rings (SSSR count). The molecule has 0 spiro atoms. The standard InChI is InChI=1S/C25H29ClN2O4/c1-25(2,3)32-24(29)28-22(19-8-4-5-9-20(19)26)16-21(27-28)17-11-13-18(14-12-17)31-23-10-6-7-15-30-23/h4-5,8-9,11-14,22-23H,6-7,10,15-16H2,1-3H3/t22-,23?/m1/s1. The number of carbonyl (C=O) groups is 1. The predicted molar refractivity (Wildman–Crippen MR) is 124 cm³/mol. The van der Waals surface area contributed by atoms with E-state index in [1.54, 1.807) is 0 Å². The Kier molecular flexibility index (Phi) is 6.72. The number of benzene rings is 2. The quantitative estimate of drug-likeness (QED) is 0.539. The molecule has 0 saturated carbocycles. The molecule has 0 radical (unpaired) electrons. The number of rotatable bonds is 4. The van der Waals surface area contributed by atoms with Gasteiger partial charge in [-0.15, -0.1) is 0 Å². The third-order valence-corrected chi connectivity index (χ3v) is 5.69. The van der Waals surface area contributed by atoms with Crippen LogP contribution in [0.3, 0.4) is 0 Å². The SMILES string of the molecule is CC(C)(C)OC(=O)N1N=C(c2ccc(OC3CCCCO3)cc2)C[C@@H]1c1ccccc1Cl. The van der Waals surface area contributed by atoms with Gasteiger partial charge in [0.05, 0.1) is 18.4 Å². The van der Waals surface area contributed by atoms with Crippen molar-refractivity contribution in [2.75, 3.05) is 6.61 Å². The summed E-state index contributed by atoms with van der Waals surface area (Å²) in [5.41, 5.74) is 1.93. The first-order chi connectivity index (χ1) is 15.3. The van der Waals surface area contributed by atoms with E-state index >= 15 is 0 Å². The van der Waals surface area contributed by atoms with E-state index in [4.69, 9.17) is 25.8 Å². The molecule has 1 amide bonds. The second-order valence-electron chi connectivity index (χ2n) is 9.05. The van der Waals surface area contributed by atoms with Crippen molar-refractivity contribution in [1.82, 2.24) is 5.01 Å². The summed E-state index contributed by atoms with van der Waals surface area (Å²) in [5.74, 6) is 0.755. The van der Waals surface area contributed by atoms with Gasteiger partial charge < -0.3 is 14.2 Å². The highest BCUT2D eigenvalue weighted by Crippen LogP contribution is 2.37. The lowest BCUT2D eigenvalue weighted by molar-refractivity contribution is -0.105. The molecule has 7 heteroatoms. The molecule has 0 aromatic heterocycles. The van der Waals surface area contributed by atoms with E-state index in [2.05, 4.69) is 5.10 Å². The maximum absolute atomic E-state index is 12.9. The lowest BCUT2D eigenvalue weighted by atomic mass is 9.98. The lowest BCUT2D eigenvalue weighted by Gasteiger charge is -2.26. The van der Waals surface area contributed by atoms with Crippen LogP contribution in [0.25, 0.3) is 0 Å². The molecule has 0 bridgehead atoms. The lowest BCUT2D eigenvalue weighted by Crippen LogP contribution is -2.34. The average Bonchev–Trinajstić information content (AvgIpc) is 3.20. The van der Waals surface area contributed by atoms with Gasteiger partial charge in [-0.25, -0.2) is 4.79 Å². The van der Waals surface area contributed by atoms with Gasteiger partial charge >= 0.3 is 6.09 Å². The van der Waals surface area contributed by atoms with Gasteiger partial charge in [-0.2, -0.15) is 10.1 Å². The zero-order valence-corrected chi connectivity index (χ0v) is 19.5. The fourth-order valence-electron chi connectivity index (χ4n) is 3.83. The number of halogens is 1. The van der Waals surface area contributed by atoms with Crippen LogP contribution in [-0.2, 0) is 9.47 Å². The minimum atomic E-state index is -0.624. The highest BCUT2D eigenvalue weighted by Gasteiger charge is 2.36. The van der Waals surface area contributed by atoms with Crippen molar-refractivity contribution in [1.29, 1.82) is 0 Å². The second-order valence-corrected chi connectivity index (χ2v) is 9.46. The van der Waals surface area contributed by atoms with Crippen molar-refractivity contribution in [3.05, 3.63) is 64.7 Å². The van der Waals surface area contributed by atoms with E-state index in [-0.39, 0.29) is 12.3 Å². The van der Waals surface area contributed by atoms with Crippen LogP contribution >= 0.6 is 11.6 Å². The van der Waals surface area contributed by atoms with Crippen molar-refractivity contribution in [2.24, 2.45) is 5.10 Å². The van der Waals surface area contributed by atoms with Gasteiger partial charge in [0.15, 0.2) is 6.29 Å². The van der Waals surface area contributed by atoms with Gasteiger partial charge in [0.25, 0.3) is 0 Å². The van der Waals surface area contributed by atoms with Gasteiger partial charge in [-0.05, 0) is 75.1 Å². The normalized spacial score (nSPS) is 21.2. The molecule has 2 heterocycles. The minimum Gasteiger partial charge on any atom is -0.465 e. The smallest absolute Gasteiger partial charge is 0.431 e. The van der Waals surface area contributed by atoms with Gasteiger partial charge in [0, 0.05) is 17.9 Å². The topological polar surface area (TPSA) is 60.4 Å². The van der Waals surface area contributed by atoms with Crippen molar-refractivity contribution in [2.45, 2.75) is 64.4 Å².